The average Bonchev–Trinajstić information content (AvgIpc) is 2.86. The van der Waals surface area contributed by atoms with Crippen LogP contribution in [0.15, 0.2) is 83.3 Å². The second-order valence-corrected chi connectivity index (χ2v) is 8.26. The van der Waals surface area contributed by atoms with Gasteiger partial charge < -0.3 is 14.2 Å². The van der Waals surface area contributed by atoms with E-state index in [-0.39, 0.29) is 0 Å². The number of hydrogen-bond donors (Lipinski definition) is 0. The minimum absolute atomic E-state index is 0.419. The average molecular weight is 500 g/mol. The van der Waals surface area contributed by atoms with Crippen molar-refractivity contribution in [1.29, 1.82) is 5.26 Å². The topological polar surface area (TPSA) is 51.5 Å². The van der Waals surface area contributed by atoms with Gasteiger partial charge in [-0.3, -0.25) is 0 Å². The van der Waals surface area contributed by atoms with Crippen molar-refractivity contribution in [2.45, 2.75) is 6.61 Å². The summed E-state index contributed by atoms with van der Waals surface area (Å²) < 4.78 is 17.8. The molecule has 0 heterocycles. The number of rotatable bonds is 7. The molecule has 0 aromatic heterocycles. The van der Waals surface area contributed by atoms with Crippen molar-refractivity contribution < 1.29 is 14.2 Å². The molecule has 0 fully saturated rings. The van der Waals surface area contributed by atoms with Crippen molar-refractivity contribution in [3.8, 4) is 23.3 Å². The van der Waals surface area contributed by atoms with Crippen molar-refractivity contribution in [3.05, 3.63) is 100 Å². The highest BCUT2D eigenvalue weighted by Gasteiger charge is 2.11. The fourth-order valence-electron chi connectivity index (χ4n) is 3.68. The number of benzene rings is 4. The molecule has 0 N–H and O–H groups in total. The van der Waals surface area contributed by atoms with Crippen LogP contribution in [-0.2, 0) is 6.61 Å². The van der Waals surface area contributed by atoms with Crippen molar-refractivity contribution in [2.75, 3.05) is 14.2 Å². The molecule has 4 rings (SSSR count). The van der Waals surface area contributed by atoms with Gasteiger partial charge in [0.1, 0.15) is 12.4 Å². The zero-order valence-corrected chi connectivity index (χ0v) is 19.9. The summed E-state index contributed by atoms with van der Waals surface area (Å²) in [5.74, 6) is 1.87. The number of nitriles is 1. The Balaban J connectivity index is 1.68. The molecule has 0 aliphatic heterocycles. The normalized spacial score (nSPS) is 11.2. The third-order valence-corrected chi connectivity index (χ3v) is 5.84. The first-order valence-corrected chi connectivity index (χ1v) is 11.2. The molecular weight excluding hydrogens is 478 g/mol. The Morgan fingerprint density at radius 3 is 2.42 bits per heavy atom. The molecule has 164 valence electrons. The van der Waals surface area contributed by atoms with E-state index in [0.29, 0.717) is 29.4 Å². The second kappa shape index (κ2) is 10.2. The van der Waals surface area contributed by atoms with E-state index in [2.05, 4.69) is 46.3 Å². The van der Waals surface area contributed by atoms with E-state index in [1.54, 1.807) is 26.4 Å². The molecule has 0 aliphatic rings. The fraction of sp³-hybridized carbons (Fsp3) is 0.107. The Morgan fingerprint density at radius 2 is 1.64 bits per heavy atom. The summed E-state index contributed by atoms with van der Waals surface area (Å²) in [6.07, 6.45) is 1.82. The molecule has 0 amide bonds. The van der Waals surface area contributed by atoms with Gasteiger partial charge in [-0.05, 0) is 64.4 Å². The number of halogens is 1. The van der Waals surface area contributed by atoms with E-state index < -0.39 is 0 Å². The lowest BCUT2D eigenvalue weighted by Crippen LogP contribution is -1.98. The summed E-state index contributed by atoms with van der Waals surface area (Å²) in [7, 11) is 3.16. The van der Waals surface area contributed by atoms with Crippen LogP contribution in [-0.4, -0.2) is 14.2 Å². The quantitative estimate of drug-likeness (QED) is 0.198. The van der Waals surface area contributed by atoms with Crippen LogP contribution < -0.4 is 14.2 Å². The molecule has 0 radical (unpaired) electrons. The van der Waals surface area contributed by atoms with Gasteiger partial charge in [-0.15, -0.1) is 0 Å². The highest BCUT2D eigenvalue weighted by molar-refractivity contribution is 9.10. The first kappa shape index (κ1) is 22.4. The van der Waals surface area contributed by atoms with Gasteiger partial charge in [-0.2, -0.15) is 5.26 Å². The first-order chi connectivity index (χ1) is 16.1. The van der Waals surface area contributed by atoms with Crippen LogP contribution in [0.4, 0.5) is 0 Å². The molecule has 4 aromatic rings. The molecule has 0 saturated heterocycles. The molecule has 5 heteroatoms. The van der Waals surface area contributed by atoms with Crippen LogP contribution >= 0.6 is 15.9 Å². The highest BCUT2D eigenvalue weighted by Crippen LogP contribution is 2.33. The summed E-state index contributed by atoms with van der Waals surface area (Å²) in [6.45, 7) is 0.419. The predicted molar refractivity (Wildman–Crippen MR) is 135 cm³/mol. The minimum Gasteiger partial charge on any atom is -0.493 e. The third-order valence-electron chi connectivity index (χ3n) is 5.35. The van der Waals surface area contributed by atoms with E-state index >= 15 is 0 Å². The minimum atomic E-state index is 0.419. The number of hydrogen-bond acceptors (Lipinski definition) is 4. The summed E-state index contributed by atoms with van der Waals surface area (Å²) in [4.78, 5) is 0. The Bertz CT molecular complexity index is 1370. The molecule has 0 saturated carbocycles. The van der Waals surface area contributed by atoms with Gasteiger partial charge in [-0.1, -0.05) is 58.4 Å². The molecule has 33 heavy (non-hydrogen) atoms. The van der Waals surface area contributed by atoms with Crippen molar-refractivity contribution in [3.63, 3.8) is 0 Å². The number of ether oxygens (including phenoxy) is 3. The molecule has 0 atom stereocenters. The fourth-order valence-corrected chi connectivity index (χ4v) is 4.06. The lowest BCUT2D eigenvalue weighted by Gasteiger charge is -2.13. The third kappa shape index (κ3) is 5.02. The van der Waals surface area contributed by atoms with Crippen molar-refractivity contribution in [1.82, 2.24) is 0 Å². The molecule has 0 bridgehead atoms. The molecule has 0 spiro atoms. The lowest BCUT2D eigenvalue weighted by molar-refractivity contribution is 0.307. The maximum absolute atomic E-state index is 9.87. The van der Waals surface area contributed by atoms with E-state index in [9.17, 15) is 5.26 Å². The largest absolute Gasteiger partial charge is 0.493 e. The van der Waals surface area contributed by atoms with E-state index in [0.717, 1.165) is 26.5 Å². The highest BCUT2D eigenvalue weighted by atomic mass is 79.9. The van der Waals surface area contributed by atoms with Gasteiger partial charge in [-0.25, -0.2) is 0 Å². The number of methoxy groups -OCH3 is 2. The van der Waals surface area contributed by atoms with E-state index in [1.165, 1.54) is 5.39 Å². The summed E-state index contributed by atoms with van der Waals surface area (Å²) in [5.41, 5.74) is 3.13. The van der Waals surface area contributed by atoms with Crippen LogP contribution in [0.25, 0.3) is 22.4 Å². The number of allylic oxidation sites excluding steroid dienone is 1. The van der Waals surface area contributed by atoms with Gasteiger partial charge in [0, 0.05) is 10.0 Å². The zero-order chi connectivity index (χ0) is 23.2. The van der Waals surface area contributed by atoms with Gasteiger partial charge >= 0.3 is 0 Å². The molecular formula is C28H22BrNO3. The van der Waals surface area contributed by atoms with E-state index in [1.807, 2.05) is 48.5 Å². The van der Waals surface area contributed by atoms with Crippen molar-refractivity contribution >= 4 is 38.4 Å². The van der Waals surface area contributed by atoms with Crippen LogP contribution in [0.1, 0.15) is 16.7 Å². The Labute approximate surface area is 201 Å². The van der Waals surface area contributed by atoms with Crippen LogP contribution in [0.2, 0.25) is 0 Å². The van der Waals surface area contributed by atoms with Gasteiger partial charge in [0.15, 0.2) is 11.5 Å². The Morgan fingerprint density at radius 1 is 0.879 bits per heavy atom. The van der Waals surface area contributed by atoms with Gasteiger partial charge in [0.2, 0.25) is 0 Å². The Hall–Kier alpha value is -3.75. The predicted octanol–water partition coefficient (Wildman–Crippen LogP) is 7.26. The van der Waals surface area contributed by atoms with Gasteiger partial charge in [0.25, 0.3) is 0 Å². The first-order valence-electron chi connectivity index (χ1n) is 10.4. The molecule has 4 aromatic carbocycles. The monoisotopic (exact) mass is 499 g/mol. The maximum Gasteiger partial charge on any atom is 0.161 e. The zero-order valence-electron chi connectivity index (χ0n) is 18.3. The van der Waals surface area contributed by atoms with Gasteiger partial charge in [0.05, 0.1) is 25.9 Å². The van der Waals surface area contributed by atoms with Crippen LogP contribution in [0.5, 0.6) is 17.2 Å². The maximum atomic E-state index is 9.87. The van der Waals surface area contributed by atoms with E-state index in [4.69, 9.17) is 14.2 Å². The Kier molecular flexibility index (Phi) is 6.97. The second-order valence-electron chi connectivity index (χ2n) is 7.35. The summed E-state index contributed by atoms with van der Waals surface area (Å²) in [5, 5.41) is 12.2. The summed E-state index contributed by atoms with van der Waals surface area (Å²) in [6, 6.07) is 27.9. The standard InChI is InChI=1S/C28H22BrNO3/c1-31-27-12-10-20(16-28(27)32-2)23(17-30)14-22-15-24(29)11-13-26(22)33-18-21-8-5-7-19-6-3-4-9-25(19)21/h3-16H,18H2,1-2H3/b23-14+. The number of fused-ring (bicyclic) bond motifs is 1. The SMILES string of the molecule is COc1ccc(/C(C#N)=C/c2cc(Br)ccc2OCc2cccc3ccccc23)cc1OC. The smallest absolute Gasteiger partial charge is 0.161 e. The van der Waals surface area contributed by atoms with Crippen molar-refractivity contribution in [2.24, 2.45) is 0 Å². The van der Waals surface area contributed by atoms with Crippen LogP contribution in [0.3, 0.4) is 0 Å². The molecule has 4 nitrogen and oxygen atoms in total. The van der Waals surface area contributed by atoms with Crippen LogP contribution in [0, 0.1) is 11.3 Å². The lowest BCUT2D eigenvalue weighted by atomic mass is 10.0. The number of nitrogens with zero attached hydrogens (tertiary/aromatic N) is 1. The molecule has 0 unspecified atom stereocenters. The molecule has 0 aliphatic carbocycles. The summed E-state index contributed by atoms with van der Waals surface area (Å²) >= 11 is 3.53.